The fraction of sp³-hybridized carbons (Fsp3) is 0.250. The van der Waals surface area contributed by atoms with Gasteiger partial charge in [-0.25, -0.2) is 4.99 Å². The molecule has 1 fully saturated rings. The maximum Gasteiger partial charge on any atom is 0.140 e. The molecule has 0 aliphatic carbocycles. The van der Waals surface area contributed by atoms with Crippen LogP contribution in [-0.4, -0.2) is 48.9 Å². The third-order valence-electron chi connectivity index (χ3n) is 5.14. The molecule has 0 atom stereocenters. The molecule has 1 N–H and O–H groups in total. The Bertz CT molecular complexity index is 1070. The van der Waals surface area contributed by atoms with E-state index in [4.69, 9.17) is 28.2 Å². The predicted octanol–water partition coefficient (Wildman–Crippen LogP) is 5.59. The highest BCUT2D eigenvalue weighted by Crippen LogP contribution is 2.45. The summed E-state index contributed by atoms with van der Waals surface area (Å²) in [5.41, 5.74) is 2.88. The number of piperazine rings is 1. The minimum absolute atomic E-state index is 0.522. The Balaban J connectivity index is 1.74. The van der Waals surface area contributed by atoms with E-state index in [0.29, 0.717) is 10.0 Å². The zero-order chi connectivity index (χ0) is 18.5. The molecule has 3 heterocycles. The third kappa shape index (κ3) is 2.99. The summed E-state index contributed by atoms with van der Waals surface area (Å²) in [5.74, 6) is 1.01. The van der Waals surface area contributed by atoms with E-state index in [-0.39, 0.29) is 0 Å². The van der Waals surface area contributed by atoms with Gasteiger partial charge in [-0.1, -0.05) is 41.4 Å². The zero-order valence-corrected chi connectivity index (χ0v) is 17.1. The van der Waals surface area contributed by atoms with Crippen molar-refractivity contribution in [3.05, 3.63) is 52.0 Å². The van der Waals surface area contributed by atoms with Crippen LogP contribution in [0.5, 0.6) is 0 Å². The first-order chi connectivity index (χ1) is 13.1. The molecule has 2 aliphatic heterocycles. The summed E-state index contributed by atoms with van der Waals surface area (Å²) in [6.45, 7) is 3.96. The Morgan fingerprint density at radius 2 is 1.78 bits per heavy atom. The van der Waals surface area contributed by atoms with Crippen LogP contribution in [0, 0.1) is 0 Å². The molecule has 0 amide bonds. The van der Waals surface area contributed by atoms with Crippen molar-refractivity contribution in [2.75, 3.05) is 38.5 Å². The van der Waals surface area contributed by atoms with Crippen molar-refractivity contribution in [2.24, 2.45) is 4.99 Å². The van der Waals surface area contributed by atoms with Gasteiger partial charge in [0.25, 0.3) is 0 Å². The molecule has 27 heavy (non-hydrogen) atoms. The first kappa shape index (κ1) is 17.3. The highest BCUT2D eigenvalue weighted by atomic mass is 35.5. The lowest BCUT2D eigenvalue weighted by Crippen LogP contribution is -2.47. The molecule has 7 heteroatoms. The average molecular weight is 417 g/mol. The molecule has 0 spiro atoms. The summed E-state index contributed by atoms with van der Waals surface area (Å²) in [5, 5.41) is 6.95. The largest absolute Gasteiger partial charge is 0.353 e. The molecule has 0 radical (unpaired) electrons. The summed E-state index contributed by atoms with van der Waals surface area (Å²) in [7, 11) is 2.16. The van der Waals surface area contributed by atoms with Gasteiger partial charge in [0.05, 0.1) is 27.0 Å². The number of aliphatic imine (C=N–C) groups is 1. The third-order valence-corrected chi connectivity index (χ3v) is 6.94. The number of hydrogen-bond acceptors (Lipinski definition) is 5. The lowest BCUT2D eigenvalue weighted by molar-refractivity contribution is 0.216. The molecule has 0 saturated carbocycles. The molecule has 4 nitrogen and oxygen atoms in total. The number of rotatable bonds is 0. The normalized spacial score (nSPS) is 17.1. The number of amidine groups is 1. The molecule has 1 saturated heterocycles. The predicted molar refractivity (Wildman–Crippen MR) is 117 cm³/mol. The number of nitrogens with one attached hydrogen (secondary N) is 1. The van der Waals surface area contributed by atoms with Gasteiger partial charge in [0.1, 0.15) is 10.8 Å². The molecule has 0 unspecified atom stereocenters. The van der Waals surface area contributed by atoms with Crippen LogP contribution in [0.1, 0.15) is 5.56 Å². The number of nitrogens with zero attached hydrogens (tertiary/aromatic N) is 3. The van der Waals surface area contributed by atoms with E-state index in [2.05, 4.69) is 46.4 Å². The maximum atomic E-state index is 6.29. The lowest BCUT2D eigenvalue weighted by Gasteiger charge is -2.34. The van der Waals surface area contributed by atoms with E-state index in [1.807, 2.05) is 12.1 Å². The van der Waals surface area contributed by atoms with Crippen LogP contribution in [0.15, 0.2) is 41.4 Å². The van der Waals surface area contributed by atoms with Crippen LogP contribution in [0.25, 0.3) is 10.1 Å². The van der Waals surface area contributed by atoms with Gasteiger partial charge in [-0.15, -0.1) is 11.3 Å². The van der Waals surface area contributed by atoms with E-state index in [9.17, 15) is 0 Å². The molecule has 5 rings (SSSR count). The van der Waals surface area contributed by atoms with E-state index in [0.717, 1.165) is 48.4 Å². The molecule has 0 bridgehead atoms. The van der Waals surface area contributed by atoms with Gasteiger partial charge < -0.3 is 15.1 Å². The van der Waals surface area contributed by atoms with Crippen molar-refractivity contribution in [2.45, 2.75) is 0 Å². The summed E-state index contributed by atoms with van der Waals surface area (Å²) in [4.78, 5) is 9.82. The summed E-state index contributed by atoms with van der Waals surface area (Å²) >= 11 is 14.3. The molecule has 1 aromatic heterocycles. The van der Waals surface area contributed by atoms with Crippen molar-refractivity contribution in [1.82, 2.24) is 9.80 Å². The van der Waals surface area contributed by atoms with Crippen molar-refractivity contribution in [3.8, 4) is 0 Å². The van der Waals surface area contributed by atoms with Gasteiger partial charge in [-0.05, 0) is 25.2 Å². The van der Waals surface area contributed by atoms with Crippen LogP contribution in [0.3, 0.4) is 0 Å². The van der Waals surface area contributed by atoms with E-state index in [1.165, 1.54) is 15.6 Å². The van der Waals surface area contributed by atoms with E-state index in [1.54, 1.807) is 11.3 Å². The fourth-order valence-corrected chi connectivity index (χ4v) is 5.06. The van der Waals surface area contributed by atoms with Gasteiger partial charge in [0.15, 0.2) is 0 Å². The van der Waals surface area contributed by atoms with Crippen LogP contribution in [-0.2, 0) is 0 Å². The second-order valence-corrected chi connectivity index (χ2v) is 8.80. The summed E-state index contributed by atoms with van der Waals surface area (Å²) < 4.78 is 1.25. The number of fused-ring (bicyclic) bond motifs is 4. The van der Waals surface area contributed by atoms with Crippen molar-refractivity contribution >= 4 is 66.8 Å². The SMILES string of the molecule is CN1CCN(C2=Nc3cc(Cl)c(Cl)cc3Nc3sc4ccccc4c32)CC1. The lowest BCUT2D eigenvalue weighted by atomic mass is 10.1. The fourth-order valence-electron chi connectivity index (χ4n) is 3.62. The highest BCUT2D eigenvalue weighted by molar-refractivity contribution is 7.23. The molecule has 2 aliphatic rings. The van der Waals surface area contributed by atoms with Crippen LogP contribution in [0.4, 0.5) is 16.4 Å². The van der Waals surface area contributed by atoms with Crippen LogP contribution in [0.2, 0.25) is 10.0 Å². The molecule has 3 aromatic rings. The molecular weight excluding hydrogens is 399 g/mol. The van der Waals surface area contributed by atoms with Crippen molar-refractivity contribution in [1.29, 1.82) is 0 Å². The van der Waals surface area contributed by atoms with E-state index >= 15 is 0 Å². The monoisotopic (exact) mass is 416 g/mol. The summed E-state index contributed by atoms with van der Waals surface area (Å²) in [6.07, 6.45) is 0. The highest BCUT2D eigenvalue weighted by Gasteiger charge is 2.27. The van der Waals surface area contributed by atoms with Gasteiger partial charge >= 0.3 is 0 Å². The first-order valence-electron chi connectivity index (χ1n) is 8.90. The smallest absolute Gasteiger partial charge is 0.140 e. The Morgan fingerprint density at radius 3 is 2.59 bits per heavy atom. The minimum Gasteiger partial charge on any atom is -0.353 e. The number of thiophene rings is 1. The van der Waals surface area contributed by atoms with Gasteiger partial charge in [0, 0.05) is 36.3 Å². The number of likely N-dealkylation sites (N-methyl/N-ethyl adjacent to an activating group) is 1. The average Bonchev–Trinajstić information content (AvgIpc) is 2.94. The summed E-state index contributed by atoms with van der Waals surface area (Å²) in [6, 6.07) is 12.2. The standard InChI is InChI=1S/C20H18Cl2N4S/c1-25-6-8-26(9-7-25)19-18-12-4-2-3-5-17(12)27-20(18)24-16-11-14(22)13(21)10-15(16)23-19/h2-5,10-11,24H,6-9H2,1H3. The number of benzene rings is 2. The van der Waals surface area contributed by atoms with Crippen molar-refractivity contribution < 1.29 is 0 Å². The Labute approximate surface area is 172 Å². The second-order valence-electron chi connectivity index (χ2n) is 6.94. The Kier molecular flexibility index (Phi) is 4.28. The van der Waals surface area contributed by atoms with Crippen molar-refractivity contribution in [3.63, 3.8) is 0 Å². The van der Waals surface area contributed by atoms with Gasteiger partial charge in [-0.3, -0.25) is 0 Å². The van der Waals surface area contributed by atoms with Crippen LogP contribution < -0.4 is 5.32 Å². The topological polar surface area (TPSA) is 30.9 Å². The maximum absolute atomic E-state index is 6.29. The number of hydrogen-bond donors (Lipinski definition) is 1. The van der Waals surface area contributed by atoms with E-state index < -0.39 is 0 Å². The number of halogens is 2. The zero-order valence-electron chi connectivity index (χ0n) is 14.8. The van der Waals surface area contributed by atoms with Gasteiger partial charge in [0.2, 0.25) is 0 Å². The molecular formula is C20H18Cl2N4S. The quantitative estimate of drug-likeness (QED) is 0.517. The molecule has 2 aromatic carbocycles. The minimum atomic E-state index is 0.522. The second kappa shape index (κ2) is 6.67. The van der Waals surface area contributed by atoms with Gasteiger partial charge in [-0.2, -0.15) is 0 Å². The Morgan fingerprint density at radius 1 is 1.04 bits per heavy atom. The molecule has 138 valence electrons. The Hall–Kier alpha value is -1.79. The first-order valence-corrected chi connectivity index (χ1v) is 10.5. The number of anilines is 2. The van der Waals surface area contributed by atoms with Crippen LogP contribution >= 0.6 is 34.5 Å².